The van der Waals surface area contributed by atoms with Crippen LogP contribution in [0.1, 0.15) is 20.3 Å². The molecule has 0 heterocycles. The Morgan fingerprint density at radius 3 is 2.25 bits per heavy atom. The molecule has 0 aromatic rings. The highest BCUT2D eigenvalue weighted by atomic mass is 31.2. The first kappa shape index (κ1) is 11.9. The van der Waals surface area contributed by atoms with Gasteiger partial charge in [-0.2, -0.15) is 0 Å². The Morgan fingerprint density at radius 2 is 1.83 bits per heavy atom. The molecule has 72 valence electrons. The number of nitrogens with zero attached hydrogens (tertiary/aromatic N) is 1. The molecule has 0 saturated carbocycles. The zero-order valence-corrected chi connectivity index (χ0v) is 9.82. The van der Waals surface area contributed by atoms with Crippen molar-refractivity contribution in [2.75, 3.05) is 32.8 Å². The normalized spacial score (nSPS) is 11.1. The number of rotatable bonds is 5. The second-order valence-corrected chi connectivity index (χ2v) is 9.27. The van der Waals surface area contributed by atoms with Crippen LogP contribution in [0.25, 0.3) is 0 Å². The van der Waals surface area contributed by atoms with Crippen LogP contribution in [0, 0.1) is 0 Å². The van der Waals surface area contributed by atoms with E-state index >= 15 is 0 Å². The molecule has 0 aromatic carbocycles. The van der Waals surface area contributed by atoms with E-state index in [4.69, 9.17) is 4.84 Å². The predicted molar refractivity (Wildman–Crippen MR) is 58.9 cm³/mol. The molecule has 0 unspecified atom stereocenters. The standard InChI is InChI=1S/C9H21NOP/c1-9(2)10-11-7-6-8-12(3,4)5/h6-8H2,1-5H3/q+1. The van der Waals surface area contributed by atoms with Gasteiger partial charge in [-0.15, -0.1) is 0 Å². The lowest BCUT2D eigenvalue weighted by Crippen LogP contribution is -1.98. The van der Waals surface area contributed by atoms with Gasteiger partial charge in [-0.05, 0) is 13.8 Å². The third kappa shape index (κ3) is 9.90. The SMILES string of the molecule is CC(C)=NOCCC[P+](C)(C)C. The predicted octanol–water partition coefficient (Wildman–Crippen LogP) is 2.70. The minimum Gasteiger partial charge on any atom is -0.396 e. The molecule has 0 aliphatic rings. The molecule has 0 aromatic heterocycles. The van der Waals surface area contributed by atoms with Crippen LogP contribution in [-0.4, -0.2) is 38.5 Å². The second kappa shape index (κ2) is 5.53. The average molecular weight is 190 g/mol. The molecule has 0 fully saturated rings. The smallest absolute Gasteiger partial charge is 0.120 e. The van der Waals surface area contributed by atoms with Crippen LogP contribution >= 0.6 is 7.26 Å². The molecule has 0 bridgehead atoms. The van der Waals surface area contributed by atoms with Gasteiger partial charge in [0.05, 0.1) is 11.9 Å². The Balaban J connectivity index is 3.29. The Kier molecular flexibility index (Phi) is 5.48. The molecule has 0 rings (SSSR count). The monoisotopic (exact) mass is 190 g/mol. The summed E-state index contributed by atoms with van der Waals surface area (Å²) in [5, 5.41) is 3.87. The maximum absolute atomic E-state index is 5.10. The zero-order valence-electron chi connectivity index (χ0n) is 8.92. The van der Waals surface area contributed by atoms with Crippen LogP contribution in [0.4, 0.5) is 0 Å². The topological polar surface area (TPSA) is 21.6 Å². The molecule has 0 aliphatic carbocycles. The summed E-state index contributed by atoms with van der Waals surface area (Å²) in [7, 11) is -0.608. The van der Waals surface area contributed by atoms with Crippen LogP contribution in [0.5, 0.6) is 0 Å². The highest BCUT2D eigenvalue weighted by molar-refractivity contribution is 7.73. The van der Waals surface area contributed by atoms with Crippen LogP contribution in [-0.2, 0) is 4.84 Å². The van der Waals surface area contributed by atoms with Crippen molar-refractivity contribution in [1.82, 2.24) is 0 Å². The summed E-state index contributed by atoms with van der Waals surface area (Å²) >= 11 is 0. The van der Waals surface area contributed by atoms with Gasteiger partial charge >= 0.3 is 0 Å². The first-order chi connectivity index (χ1) is 5.42. The minimum atomic E-state index is -0.608. The molecular weight excluding hydrogens is 169 g/mol. The van der Waals surface area contributed by atoms with Gasteiger partial charge in [-0.3, -0.25) is 0 Å². The summed E-state index contributed by atoms with van der Waals surface area (Å²) < 4.78 is 0. The lowest BCUT2D eigenvalue weighted by Gasteiger charge is -2.10. The molecule has 0 amide bonds. The fourth-order valence-corrected chi connectivity index (χ4v) is 1.86. The number of hydrogen-bond donors (Lipinski definition) is 0. The second-order valence-electron chi connectivity index (χ2n) is 4.24. The van der Waals surface area contributed by atoms with Crippen molar-refractivity contribution in [3.63, 3.8) is 0 Å². The van der Waals surface area contributed by atoms with Crippen molar-refractivity contribution < 1.29 is 4.84 Å². The molecule has 0 aliphatic heterocycles. The largest absolute Gasteiger partial charge is 0.396 e. The molecule has 12 heavy (non-hydrogen) atoms. The van der Waals surface area contributed by atoms with E-state index in [2.05, 4.69) is 25.2 Å². The summed E-state index contributed by atoms with van der Waals surface area (Å²) in [6.07, 6.45) is 2.43. The van der Waals surface area contributed by atoms with Crippen molar-refractivity contribution in [2.45, 2.75) is 20.3 Å². The van der Waals surface area contributed by atoms with Gasteiger partial charge in [0.2, 0.25) is 0 Å². The molecular formula is C9H21NOP+. The molecule has 0 saturated heterocycles. The van der Waals surface area contributed by atoms with Gasteiger partial charge in [0.15, 0.2) is 0 Å². The Hall–Kier alpha value is -0.100. The minimum absolute atomic E-state index is 0.608. The van der Waals surface area contributed by atoms with E-state index in [9.17, 15) is 0 Å². The third-order valence-corrected chi connectivity index (χ3v) is 2.97. The highest BCUT2D eigenvalue weighted by Gasteiger charge is 2.15. The zero-order chi connectivity index (χ0) is 9.61. The van der Waals surface area contributed by atoms with Crippen molar-refractivity contribution in [2.24, 2.45) is 5.16 Å². The molecule has 0 radical (unpaired) electrons. The molecule has 3 heteroatoms. The van der Waals surface area contributed by atoms with Crippen molar-refractivity contribution in [3.05, 3.63) is 0 Å². The molecule has 0 atom stereocenters. The molecule has 0 spiro atoms. The van der Waals surface area contributed by atoms with Crippen LogP contribution in [0.15, 0.2) is 5.16 Å². The first-order valence-electron chi connectivity index (χ1n) is 4.35. The summed E-state index contributed by atoms with van der Waals surface area (Å²) in [5.41, 5.74) is 0.987. The average Bonchev–Trinajstić information content (AvgIpc) is 1.83. The third-order valence-electron chi connectivity index (χ3n) is 1.31. The van der Waals surface area contributed by atoms with Gasteiger partial charge < -0.3 is 4.84 Å². The lowest BCUT2D eigenvalue weighted by atomic mass is 10.5. The fourth-order valence-electron chi connectivity index (χ4n) is 0.778. The van der Waals surface area contributed by atoms with Gasteiger partial charge in [0.25, 0.3) is 0 Å². The number of hydrogen-bond acceptors (Lipinski definition) is 2. The maximum Gasteiger partial charge on any atom is 0.120 e. The summed E-state index contributed by atoms with van der Waals surface area (Å²) in [6, 6.07) is 0. The van der Waals surface area contributed by atoms with Crippen LogP contribution in [0.3, 0.4) is 0 Å². The highest BCUT2D eigenvalue weighted by Crippen LogP contribution is 2.46. The summed E-state index contributed by atoms with van der Waals surface area (Å²) in [4.78, 5) is 5.10. The summed E-state index contributed by atoms with van der Waals surface area (Å²) in [6.45, 7) is 11.7. The lowest BCUT2D eigenvalue weighted by molar-refractivity contribution is 0.145. The van der Waals surface area contributed by atoms with E-state index in [0.717, 1.165) is 18.7 Å². The maximum atomic E-state index is 5.10. The Morgan fingerprint density at radius 1 is 1.25 bits per heavy atom. The first-order valence-corrected chi connectivity index (χ1v) is 7.67. The Bertz CT molecular complexity index is 145. The van der Waals surface area contributed by atoms with Crippen molar-refractivity contribution >= 4 is 13.0 Å². The van der Waals surface area contributed by atoms with E-state index in [1.165, 1.54) is 6.16 Å². The number of oxime groups is 1. The van der Waals surface area contributed by atoms with E-state index < -0.39 is 7.26 Å². The Labute approximate surface area is 76.7 Å². The van der Waals surface area contributed by atoms with Gasteiger partial charge in [0, 0.05) is 33.7 Å². The van der Waals surface area contributed by atoms with Crippen LogP contribution < -0.4 is 0 Å². The van der Waals surface area contributed by atoms with Crippen molar-refractivity contribution in [3.8, 4) is 0 Å². The van der Waals surface area contributed by atoms with Gasteiger partial charge in [0.1, 0.15) is 6.61 Å². The van der Waals surface area contributed by atoms with Gasteiger partial charge in [-0.25, -0.2) is 0 Å². The molecule has 0 N–H and O–H groups in total. The van der Waals surface area contributed by atoms with Crippen molar-refractivity contribution in [1.29, 1.82) is 0 Å². The summed E-state index contributed by atoms with van der Waals surface area (Å²) in [5.74, 6) is 0. The van der Waals surface area contributed by atoms with E-state index in [-0.39, 0.29) is 0 Å². The quantitative estimate of drug-likeness (QED) is 0.283. The van der Waals surface area contributed by atoms with E-state index in [0.29, 0.717) is 0 Å². The van der Waals surface area contributed by atoms with E-state index in [1.807, 2.05) is 13.8 Å². The van der Waals surface area contributed by atoms with E-state index in [1.54, 1.807) is 0 Å². The fraction of sp³-hybridized carbons (Fsp3) is 0.889. The van der Waals surface area contributed by atoms with Gasteiger partial charge in [-0.1, -0.05) is 5.16 Å². The van der Waals surface area contributed by atoms with Crippen LogP contribution in [0.2, 0.25) is 0 Å². The molecule has 2 nitrogen and oxygen atoms in total.